The second kappa shape index (κ2) is 1.93. The molecule has 2 N–H and O–H groups in total. The Morgan fingerprint density at radius 1 is 1.86 bits per heavy atom. The molecule has 0 fully saturated rings. The van der Waals surface area contributed by atoms with Gasteiger partial charge in [0.1, 0.15) is 0 Å². The van der Waals surface area contributed by atoms with E-state index in [0.717, 1.165) is 6.67 Å². The molecule has 0 saturated heterocycles. The van der Waals surface area contributed by atoms with Gasteiger partial charge in [-0.1, -0.05) is 0 Å². The third-order valence-corrected chi connectivity index (χ3v) is 0.905. The maximum absolute atomic E-state index is 3.88. The van der Waals surface area contributed by atoms with E-state index in [1.807, 2.05) is 6.92 Å². The van der Waals surface area contributed by atoms with Gasteiger partial charge in [0, 0.05) is 0 Å². The highest BCUT2D eigenvalue weighted by Gasteiger charge is 1.96. The maximum atomic E-state index is 3.88. The largest absolute Gasteiger partial charge is 0.361 e. The zero-order valence-corrected chi connectivity index (χ0v) is 4.31. The summed E-state index contributed by atoms with van der Waals surface area (Å²) >= 11 is 0. The van der Waals surface area contributed by atoms with Crippen molar-refractivity contribution in [1.29, 1.82) is 0 Å². The van der Waals surface area contributed by atoms with E-state index >= 15 is 0 Å². The first kappa shape index (κ1) is 4.59. The first-order chi connectivity index (χ1) is 3.39. The third-order valence-electron chi connectivity index (χ3n) is 0.905. The van der Waals surface area contributed by atoms with Crippen LogP contribution in [0.15, 0.2) is 4.99 Å². The highest BCUT2D eigenvalue weighted by atomic mass is 15.2. The second-order valence-corrected chi connectivity index (χ2v) is 1.56. The van der Waals surface area contributed by atoms with Crippen LogP contribution in [0.3, 0.4) is 0 Å². The van der Waals surface area contributed by atoms with Crippen LogP contribution >= 0.6 is 0 Å². The van der Waals surface area contributed by atoms with Crippen molar-refractivity contribution in [1.82, 2.24) is 10.6 Å². The predicted octanol–water partition coefficient (Wildman–Crippen LogP) is -0.489. The summed E-state index contributed by atoms with van der Waals surface area (Å²) in [4.78, 5) is 3.88. The third kappa shape index (κ3) is 1.16. The van der Waals surface area contributed by atoms with Gasteiger partial charge in [0.2, 0.25) is 0 Å². The van der Waals surface area contributed by atoms with Crippen LogP contribution in [0.4, 0.5) is 0 Å². The van der Waals surface area contributed by atoms with Crippen LogP contribution in [0.1, 0.15) is 6.92 Å². The Bertz CT molecular complexity index is 79.0. The molecule has 0 saturated carbocycles. The normalized spacial score (nSPS) is 29.6. The maximum Gasteiger partial charge on any atom is 0.0917 e. The van der Waals surface area contributed by atoms with Gasteiger partial charge < -0.3 is 5.32 Å². The van der Waals surface area contributed by atoms with Gasteiger partial charge in [-0.15, -0.1) is 0 Å². The molecule has 0 radical (unpaired) electrons. The van der Waals surface area contributed by atoms with Crippen molar-refractivity contribution < 1.29 is 0 Å². The van der Waals surface area contributed by atoms with Crippen molar-refractivity contribution in [3.8, 4) is 0 Å². The van der Waals surface area contributed by atoms with Gasteiger partial charge in [-0.05, 0) is 6.92 Å². The number of hydrogen-bond acceptors (Lipinski definition) is 3. The second-order valence-electron chi connectivity index (χ2n) is 1.56. The minimum Gasteiger partial charge on any atom is -0.361 e. The minimum atomic E-state index is 0.387. The van der Waals surface area contributed by atoms with Gasteiger partial charge in [0.15, 0.2) is 0 Å². The Balaban J connectivity index is 2.32. The van der Waals surface area contributed by atoms with E-state index in [9.17, 15) is 0 Å². The van der Waals surface area contributed by atoms with Crippen LogP contribution in [0.5, 0.6) is 0 Å². The molecule has 0 aliphatic carbocycles. The Hall–Kier alpha value is -0.570. The zero-order chi connectivity index (χ0) is 5.11. The summed E-state index contributed by atoms with van der Waals surface area (Å²) in [6, 6.07) is 0. The van der Waals surface area contributed by atoms with Gasteiger partial charge in [-0.25, -0.2) is 0 Å². The fourth-order valence-corrected chi connectivity index (χ4v) is 0.459. The highest BCUT2D eigenvalue weighted by molar-refractivity contribution is 5.55. The van der Waals surface area contributed by atoms with E-state index in [2.05, 4.69) is 15.6 Å². The lowest BCUT2D eigenvalue weighted by Crippen LogP contribution is -2.42. The van der Waals surface area contributed by atoms with Crippen molar-refractivity contribution in [2.45, 2.75) is 13.1 Å². The van der Waals surface area contributed by atoms with E-state index in [0.29, 0.717) is 6.17 Å². The molecular formula is C4H9N3. The molecule has 1 aliphatic rings. The van der Waals surface area contributed by atoms with Gasteiger partial charge in [-0.3, -0.25) is 10.3 Å². The van der Waals surface area contributed by atoms with E-state index < -0.39 is 0 Å². The molecule has 1 heterocycles. The zero-order valence-electron chi connectivity index (χ0n) is 4.31. The van der Waals surface area contributed by atoms with E-state index in [4.69, 9.17) is 0 Å². The topological polar surface area (TPSA) is 36.4 Å². The molecule has 0 bridgehead atoms. The molecule has 0 aromatic carbocycles. The average molecular weight is 99.1 g/mol. The lowest BCUT2D eigenvalue weighted by Gasteiger charge is -2.15. The Kier molecular flexibility index (Phi) is 1.26. The Morgan fingerprint density at radius 3 is 3.00 bits per heavy atom. The fourth-order valence-electron chi connectivity index (χ4n) is 0.459. The van der Waals surface area contributed by atoms with Crippen LogP contribution in [0.2, 0.25) is 0 Å². The summed E-state index contributed by atoms with van der Waals surface area (Å²) in [5.74, 6) is 0. The summed E-state index contributed by atoms with van der Waals surface area (Å²) in [5.41, 5.74) is 0. The summed E-state index contributed by atoms with van der Waals surface area (Å²) in [6.07, 6.45) is 2.11. The molecule has 7 heavy (non-hydrogen) atoms. The minimum absolute atomic E-state index is 0.387. The van der Waals surface area contributed by atoms with Crippen molar-refractivity contribution in [2.24, 2.45) is 4.99 Å². The Morgan fingerprint density at radius 2 is 2.71 bits per heavy atom. The van der Waals surface area contributed by atoms with Crippen molar-refractivity contribution >= 4 is 6.34 Å². The van der Waals surface area contributed by atoms with Crippen LogP contribution in [0, 0.1) is 0 Å². The molecule has 1 atom stereocenters. The molecule has 40 valence electrons. The van der Waals surface area contributed by atoms with Gasteiger partial charge in [0.25, 0.3) is 0 Å². The summed E-state index contributed by atoms with van der Waals surface area (Å²) in [5, 5.41) is 6.05. The molecule has 0 amide bonds. The first-order valence-electron chi connectivity index (χ1n) is 2.37. The van der Waals surface area contributed by atoms with Crippen LogP contribution < -0.4 is 10.6 Å². The van der Waals surface area contributed by atoms with Crippen LogP contribution in [-0.2, 0) is 0 Å². The molecule has 1 rings (SSSR count). The molecule has 0 spiro atoms. The molecule has 0 aromatic rings. The Labute approximate surface area is 42.8 Å². The fraction of sp³-hybridized carbons (Fsp3) is 0.750. The number of nitrogens with one attached hydrogen (secondary N) is 2. The predicted molar refractivity (Wildman–Crippen MR) is 29.1 cm³/mol. The van der Waals surface area contributed by atoms with Gasteiger partial charge in [-0.2, -0.15) is 0 Å². The van der Waals surface area contributed by atoms with Crippen molar-refractivity contribution in [2.75, 3.05) is 6.67 Å². The average Bonchev–Trinajstić information content (AvgIpc) is 1.69. The monoisotopic (exact) mass is 99.1 g/mol. The number of aliphatic imine (C=N–C) groups is 1. The number of hydrogen-bond donors (Lipinski definition) is 2. The lowest BCUT2D eigenvalue weighted by molar-refractivity contribution is 0.515. The molecule has 3 nitrogen and oxygen atoms in total. The lowest BCUT2D eigenvalue weighted by atomic mass is 10.5. The summed E-state index contributed by atoms with van der Waals surface area (Å²) in [7, 11) is 0. The molecule has 3 heteroatoms. The molecular weight excluding hydrogens is 90.1 g/mol. The van der Waals surface area contributed by atoms with E-state index in [-0.39, 0.29) is 0 Å². The van der Waals surface area contributed by atoms with Gasteiger partial charge in [0.05, 0.1) is 19.2 Å². The molecule has 1 unspecified atom stereocenters. The smallest absolute Gasteiger partial charge is 0.0917 e. The standard InChI is InChI=1S/C4H9N3/c1-4-6-2-5-3-7-4/h2,4,7H,3H2,1H3,(H,5,6). The van der Waals surface area contributed by atoms with E-state index in [1.54, 1.807) is 6.34 Å². The van der Waals surface area contributed by atoms with Gasteiger partial charge >= 0.3 is 0 Å². The molecule has 0 aromatic heterocycles. The van der Waals surface area contributed by atoms with Crippen molar-refractivity contribution in [3.05, 3.63) is 0 Å². The quantitative estimate of drug-likeness (QED) is 0.430. The van der Waals surface area contributed by atoms with Crippen LogP contribution in [0.25, 0.3) is 0 Å². The number of nitrogens with zero attached hydrogens (tertiary/aromatic N) is 1. The van der Waals surface area contributed by atoms with E-state index in [1.165, 1.54) is 0 Å². The SMILES string of the molecule is CC1NC=NCN1. The first-order valence-corrected chi connectivity index (χ1v) is 2.37. The summed E-state index contributed by atoms with van der Waals surface area (Å²) in [6.45, 7) is 2.79. The summed E-state index contributed by atoms with van der Waals surface area (Å²) < 4.78 is 0. The highest BCUT2D eigenvalue weighted by Crippen LogP contribution is 1.76. The van der Waals surface area contributed by atoms with Crippen molar-refractivity contribution in [3.63, 3.8) is 0 Å². The molecule has 1 aliphatic heterocycles. The number of rotatable bonds is 0. The van der Waals surface area contributed by atoms with Crippen LogP contribution in [-0.4, -0.2) is 19.2 Å².